The lowest BCUT2D eigenvalue weighted by Gasteiger charge is -1.96. The third-order valence-corrected chi connectivity index (χ3v) is 1.92. The minimum absolute atomic E-state index is 0. The van der Waals surface area contributed by atoms with Crippen molar-refractivity contribution < 1.29 is 0 Å². The Morgan fingerprint density at radius 1 is 1.08 bits per heavy atom. The Morgan fingerprint density at radius 3 is 2.58 bits per heavy atom. The van der Waals surface area contributed by atoms with Gasteiger partial charge in [0.05, 0.1) is 5.02 Å². The molecule has 0 fully saturated rings. The third kappa shape index (κ3) is 1.52. The number of nitrogens with zero attached hydrogens (tertiary/aromatic N) is 1. The molecule has 0 N–H and O–H groups in total. The van der Waals surface area contributed by atoms with E-state index in [-0.39, 0.29) is 12.4 Å². The summed E-state index contributed by atoms with van der Waals surface area (Å²) in [6.07, 6.45) is 3.46. The molecule has 2 aromatic rings. The van der Waals surface area contributed by atoms with Crippen molar-refractivity contribution in [2.45, 2.75) is 0 Å². The Morgan fingerprint density at radius 2 is 1.83 bits per heavy atom. The average Bonchev–Trinajstić information content (AvgIpc) is 2.06. The van der Waals surface area contributed by atoms with Crippen LogP contribution < -0.4 is 0 Å². The maximum absolute atomic E-state index is 5.89. The molecule has 0 atom stereocenters. The summed E-state index contributed by atoms with van der Waals surface area (Å²) in [4.78, 5) is 3.98. The minimum Gasteiger partial charge on any atom is -0.263 e. The fraction of sp³-hybridized carbons (Fsp3) is 0. The fourth-order valence-corrected chi connectivity index (χ4v) is 1.31. The molecule has 0 aliphatic heterocycles. The van der Waals surface area contributed by atoms with Gasteiger partial charge in [0, 0.05) is 23.2 Å². The van der Waals surface area contributed by atoms with Gasteiger partial charge in [0.15, 0.2) is 0 Å². The van der Waals surface area contributed by atoms with Gasteiger partial charge in [-0.05, 0) is 0 Å². The van der Waals surface area contributed by atoms with Gasteiger partial charge in [0.1, 0.15) is 0 Å². The monoisotopic (exact) mass is 199 g/mol. The Labute approximate surface area is 81.8 Å². The van der Waals surface area contributed by atoms with Gasteiger partial charge in [0.2, 0.25) is 0 Å². The van der Waals surface area contributed by atoms with Crippen molar-refractivity contribution in [3.63, 3.8) is 0 Å². The highest BCUT2D eigenvalue weighted by Gasteiger charge is 1.95. The summed E-state index contributed by atoms with van der Waals surface area (Å²) in [7, 11) is 0. The molecule has 0 aliphatic rings. The molecule has 1 nitrogen and oxygen atoms in total. The van der Waals surface area contributed by atoms with Crippen LogP contribution in [0.15, 0.2) is 36.7 Å². The number of aromatic nitrogens is 1. The van der Waals surface area contributed by atoms with E-state index in [0.29, 0.717) is 5.02 Å². The second-order valence-corrected chi connectivity index (χ2v) is 2.75. The molecule has 0 saturated carbocycles. The van der Waals surface area contributed by atoms with Crippen LogP contribution in [0, 0.1) is 0 Å². The van der Waals surface area contributed by atoms with E-state index in [2.05, 4.69) is 4.98 Å². The van der Waals surface area contributed by atoms with Crippen molar-refractivity contribution in [3.8, 4) is 0 Å². The van der Waals surface area contributed by atoms with Gasteiger partial charge in [-0.25, -0.2) is 0 Å². The molecule has 1 aromatic carbocycles. The fourth-order valence-electron chi connectivity index (χ4n) is 1.08. The van der Waals surface area contributed by atoms with Crippen LogP contribution in [0.2, 0.25) is 5.02 Å². The topological polar surface area (TPSA) is 12.9 Å². The molecule has 12 heavy (non-hydrogen) atoms. The number of pyridine rings is 1. The zero-order valence-electron chi connectivity index (χ0n) is 6.20. The first-order chi connectivity index (χ1) is 5.38. The maximum atomic E-state index is 5.89. The van der Waals surface area contributed by atoms with Crippen molar-refractivity contribution in [3.05, 3.63) is 41.7 Å². The summed E-state index contributed by atoms with van der Waals surface area (Å²) in [6, 6.07) is 7.92. The Bertz CT molecular complexity index is 382. The van der Waals surface area contributed by atoms with Crippen LogP contribution in [0.3, 0.4) is 0 Å². The van der Waals surface area contributed by atoms with E-state index in [9.17, 15) is 0 Å². The van der Waals surface area contributed by atoms with Crippen LogP contribution >= 0.6 is 24.0 Å². The van der Waals surface area contributed by atoms with Crippen LogP contribution in [0.5, 0.6) is 0 Å². The van der Waals surface area contributed by atoms with E-state index < -0.39 is 0 Å². The van der Waals surface area contributed by atoms with Gasteiger partial charge in [0.25, 0.3) is 0 Å². The maximum Gasteiger partial charge on any atom is 0.0667 e. The van der Waals surface area contributed by atoms with Crippen molar-refractivity contribution >= 4 is 34.8 Å². The summed E-state index contributed by atoms with van der Waals surface area (Å²) in [5.41, 5.74) is 0. The van der Waals surface area contributed by atoms with Gasteiger partial charge in [-0.1, -0.05) is 35.9 Å². The molecule has 0 aliphatic carbocycles. The first-order valence-electron chi connectivity index (χ1n) is 3.36. The van der Waals surface area contributed by atoms with Crippen LogP contribution in [0.25, 0.3) is 10.8 Å². The highest BCUT2D eigenvalue weighted by atomic mass is 35.5. The van der Waals surface area contributed by atoms with Crippen molar-refractivity contribution in [1.82, 2.24) is 4.98 Å². The number of hydrogen-bond acceptors (Lipinski definition) is 1. The summed E-state index contributed by atoms with van der Waals surface area (Å²) in [6.45, 7) is 0. The van der Waals surface area contributed by atoms with Crippen molar-refractivity contribution in [2.24, 2.45) is 0 Å². The van der Waals surface area contributed by atoms with Crippen LogP contribution in [0.1, 0.15) is 0 Å². The van der Waals surface area contributed by atoms with E-state index in [1.807, 2.05) is 24.3 Å². The molecule has 0 bridgehead atoms. The number of halogens is 2. The molecule has 62 valence electrons. The summed E-state index contributed by atoms with van der Waals surface area (Å²) < 4.78 is 0. The van der Waals surface area contributed by atoms with E-state index in [1.165, 1.54) is 0 Å². The predicted octanol–water partition coefficient (Wildman–Crippen LogP) is 3.31. The van der Waals surface area contributed by atoms with E-state index in [4.69, 9.17) is 11.6 Å². The zero-order chi connectivity index (χ0) is 7.68. The number of fused-ring (bicyclic) bond motifs is 1. The largest absolute Gasteiger partial charge is 0.263 e. The van der Waals surface area contributed by atoms with Gasteiger partial charge in [-0.3, -0.25) is 4.98 Å². The lowest BCUT2D eigenvalue weighted by Crippen LogP contribution is -1.75. The molecule has 0 spiro atoms. The van der Waals surface area contributed by atoms with Gasteiger partial charge in [-0.15, -0.1) is 12.4 Å². The molecule has 0 radical (unpaired) electrons. The second kappa shape index (κ2) is 3.74. The van der Waals surface area contributed by atoms with Crippen LogP contribution in [0.4, 0.5) is 0 Å². The van der Waals surface area contributed by atoms with Crippen LogP contribution in [-0.2, 0) is 0 Å². The highest BCUT2D eigenvalue weighted by Crippen LogP contribution is 2.20. The molecule has 0 saturated heterocycles. The van der Waals surface area contributed by atoms with Gasteiger partial charge < -0.3 is 0 Å². The predicted molar refractivity (Wildman–Crippen MR) is 54.0 cm³/mol. The number of benzene rings is 1. The average molecular weight is 200 g/mol. The SMILES string of the molecule is Cl.Clc1cncc2ccccc12. The summed E-state index contributed by atoms with van der Waals surface area (Å²) in [5.74, 6) is 0. The van der Waals surface area contributed by atoms with E-state index in [0.717, 1.165) is 10.8 Å². The molecule has 0 amide bonds. The highest BCUT2D eigenvalue weighted by molar-refractivity contribution is 6.35. The quantitative estimate of drug-likeness (QED) is 0.635. The summed E-state index contributed by atoms with van der Waals surface area (Å²) >= 11 is 5.89. The van der Waals surface area contributed by atoms with Crippen molar-refractivity contribution in [1.29, 1.82) is 0 Å². The Balaban J connectivity index is 0.000000720. The molecular formula is C9H7Cl2N. The van der Waals surface area contributed by atoms with E-state index >= 15 is 0 Å². The first kappa shape index (κ1) is 9.30. The van der Waals surface area contributed by atoms with Crippen molar-refractivity contribution in [2.75, 3.05) is 0 Å². The molecular weight excluding hydrogens is 193 g/mol. The number of rotatable bonds is 0. The van der Waals surface area contributed by atoms with Gasteiger partial charge >= 0.3 is 0 Å². The first-order valence-corrected chi connectivity index (χ1v) is 3.74. The number of hydrogen-bond donors (Lipinski definition) is 0. The van der Waals surface area contributed by atoms with Crippen LogP contribution in [-0.4, -0.2) is 4.98 Å². The normalized spacial score (nSPS) is 9.42. The van der Waals surface area contributed by atoms with Gasteiger partial charge in [-0.2, -0.15) is 0 Å². The summed E-state index contributed by atoms with van der Waals surface area (Å²) in [5, 5.41) is 2.85. The molecule has 1 aromatic heterocycles. The smallest absolute Gasteiger partial charge is 0.0667 e. The lowest BCUT2D eigenvalue weighted by molar-refractivity contribution is 1.36. The molecule has 3 heteroatoms. The standard InChI is InChI=1S/C9H6ClN.ClH/c10-9-6-11-5-7-3-1-2-4-8(7)9;/h1-6H;1H. The molecule has 1 heterocycles. The Hall–Kier alpha value is -0.790. The third-order valence-electron chi connectivity index (χ3n) is 1.62. The molecule has 0 unspecified atom stereocenters. The lowest BCUT2D eigenvalue weighted by atomic mass is 10.2. The second-order valence-electron chi connectivity index (χ2n) is 2.34. The van der Waals surface area contributed by atoms with E-state index in [1.54, 1.807) is 12.4 Å². The minimum atomic E-state index is 0. The molecule has 2 rings (SSSR count). The Kier molecular flexibility index (Phi) is 2.90. The zero-order valence-corrected chi connectivity index (χ0v) is 7.77.